The number of carbonyl (C=O) groups excluding carboxylic acids is 1. The zero-order valence-electron chi connectivity index (χ0n) is 11.0. The fourth-order valence-corrected chi connectivity index (χ4v) is 1.18. The van der Waals surface area contributed by atoms with Crippen LogP contribution < -0.4 is 0 Å². The van der Waals surface area contributed by atoms with Crippen molar-refractivity contribution in [1.29, 1.82) is 0 Å². The van der Waals surface area contributed by atoms with Crippen molar-refractivity contribution in [2.45, 2.75) is 58.8 Å². The van der Waals surface area contributed by atoms with Gasteiger partial charge >= 0.3 is 5.97 Å². The molecule has 0 aliphatic rings. The first-order valence-corrected chi connectivity index (χ1v) is 6.32. The van der Waals surface area contributed by atoms with E-state index in [9.17, 15) is 4.79 Å². The standard InChI is InChI=1S/C15H22O2/c1-3-4-5-6-7-8-9-10-11-12-13-14-17-15(2)16/h3-6,9-11,14H2,1-2H3. The van der Waals surface area contributed by atoms with Crippen LogP contribution in [-0.4, -0.2) is 12.6 Å². The minimum atomic E-state index is -0.280. The molecule has 0 spiro atoms. The molecule has 0 rings (SSSR count). The lowest BCUT2D eigenvalue weighted by Crippen LogP contribution is -1.97. The van der Waals surface area contributed by atoms with Crippen LogP contribution in [0, 0.1) is 23.7 Å². The first-order valence-electron chi connectivity index (χ1n) is 6.32. The summed E-state index contributed by atoms with van der Waals surface area (Å²) < 4.78 is 4.68. The third kappa shape index (κ3) is 14.6. The Morgan fingerprint density at radius 2 is 1.53 bits per heavy atom. The second-order valence-corrected chi connectivity index (χ2v) is 3.80. The topological polar surface area (TPSA) is 26.3 Å². The molecule has 0 aromatic rings. The molecule has 0 aromatic heterocycles. The molecule has 0 bridgehead atoms. The second-order valence-electron chi connectivity index (χ2n) is 3.80. The summed E-state index contributed by atoms with van der Waals surface area (Å²) in [6.45, 7) is 3.79. The lowest BCUT2D eigenvalue weighted by atomic mass is 10.2. The molecule has 2 heteroatoms. The molecule has 0 heterocycles. The van der Waals surface area contributed by atoms with E-state index < -0.39 is 0 Å². The monoisotopic (exact) mass is 234 g/mol. The Balaban J connectivity index is 3.30. The van der Waals surface area contributed by atoms with Gasteiger partial charge in [0.25, 0.3) is 0 Å². The van der Waals surface area contributed by atoms with Crippen molar-refractivity contribution in [3.8, 4) is 23.7 Å². The van der Waals surface area contributed by atoms with Crippen LogP contribution in [0.2, 0.25) is 0 Å². The highest BCUT2D eigenvalue weighted by Crippen LogP contribution is 1.97. The van der Waals surface area contributed by atoms with Crippen molar-refractivity contribution in [2.24, 2.45) is 0 Å². The molecule has 0 unspecified atom stereocenters. The average Bonchev–Trinajstić information content (AvgIpc) is 2.30. The molecule has 0 aromatic carbocycles. The third-order valence-corrected chi connectivity index (χ3v) is 2.11. The summed E-state index contributed by atoms with van der Waals surface area (Å²) in [5, 5.41) is 0. The summed E-state index contributed by atoms with van der Waals surface area (Å²) in [5.74, 6) is 11.8. The van der Waals surface area contributed by atoms with Crippen LogP contribution >= 0.6 is 0 Å². The maximum atomic E-state index is 10.4. The number of hydrogen-bond acceptors (Lipinski definition) is 2. The molecular formula is C15H22O2. The Morgan fingerprint density at radius 3 is 2.12 bits per heavy atom. The molecule has 0 amide bonds. The molecule has 0 aliphatic carbocycles. The molecular weight excluding hydrogens is 212 g/mol. The quantitative estimate of drug-likeness (QED) is 0.400. The molecule has 0 atom stereocenters. The maximum absolute atomic E-state index is 10.4. The summed E-state index contributed by atoms with van der Waals surface area (Å²) in [6, 6.07) is 0. The van der Waals surface area contributed by atoms with E-state index in [2.05, 4.69) is 35.3 Å². The summed E-state index contributed by atoms with van der Waals surface area (Å²) in [7, 11) is 0. The number of hydrogen-bond donors (Lipinski definition) is 0. The largest absolute Gasteiger partial charge is 0.453 e. The van der Waals surface area contributed by atoms with Crippen LogP contribution in [0.5, 0.6) is 0 Å². The summed E-state index contributed by atoms with van der Waals surface area (Å²) in [6.07, 6.45) is 7.49. The molecule has 17 heavy (non-hydrogen) atoms. The van der Waals surface area contributed by atoms with Gasteiger partial charge in [0.1, 0.15) is 0 Å². The maximum Gasteiger partial charge on any atom is 0.303 e. The van der Waals surface area contributed by atoms with Gasteiger partial charge in [-0.25, -0.2) is 0 Å². The molecule has 0 N–H and O–H groups in total. The van der Waals surface area contributed by atoms with Gasteiger partial charge in [0.15, 0.2) is 6.61 Å². The molecule has 94 valence electrons. The van der Waals surface area contributed by atoms with Gasteiger partial charge < -0.3 is 4.74 Å². The summed E-state index contributed by atoms with van der Waals surface area (Å²) >= 11 is 0. The normalized spacial score (nSPS) is 8.59. The first kappa shape index (κ1) is 15.6. The summed E-state index contributed by atoms with van der Waals surface area (Å²) in [4.78, 5) is 10.4. The Labute approximate surface area is 105 Å². The molecule has 0 fully saturated rings. The zero-order valence-corrected chi connectivity index (χ0v) is 11.0. The fraction of sp³-hybridized carbons (Fsp3) is 0.667. The van der Waals surface area contributed by atoms with Gasteiger partial charge in [-0.15, -0.1) is 11.8 Å². The van der Waals surface area contributed by atoms with Crippen molar-refractivity contribution in [3.05, 3.63) is 0 Å². The number of ether oxygens (including phenoxy) is 1. The van der Waals surface area contributed by atoms with Gasteiger partial charge in [-0.2, -0.15) is 0 Å². The van der Waals surface area contributed by atoms with E-state index in [-0.39, 0.29) is 12.6 Å². The van der Waals surface area contributed by atoms with Crippen LogP contribution in [-0.2, 0) is 9.53 Å². The average molecular weight is 234 g/mol. The van der Waals surface area contributed by atoms with Crippen molar-refractivity contribution >= 4 is 5.97 Å². The number of unbranched alkanes of at least 4 members (excludes halogenated alkanes) is 5. The van der Waals surface area contributed by atoms with Gasteiger partial charge in [-0.1, -0.05) is 31.6 Å². The number of rotatable bonds is 6. The van der Waals surface area contributed by atoms with E-state index in [0.29, 0.717) is 0 Å². The smallest absolute Gasteiger partial charge is 0.303 e. The summed E-state index contributed by atoms with van der Waals surface area (Å²) in [5.41, 5.74) is 0. The predicted octanol–water partition coefficient (Wildman–Crippen LogP) is 3.31. The van der Waals surface area contributed by atoms with E-state index in [0.717, 1.165) is 25.7 Å². The molecule has 2 nitrogen and oxygen atoms in total. The van der Waals surface area contributed by atoms with E-state index in [4.69, 9.17) is 0 Å². The van der Waals surface area contributed by atoms with Crippen LogP contribution in [0.3, 0.4) is 0 Å². The van der Waals surface area contributed by atoms with Crippen molar-refractivity contribution in [2.75, 3.05) is 6.61 Å². The van der Waals surface area contributed by atoms with E-state index in [1.807, 2.05) is 0 Å². The molecule has 0 saturated heterocycles. The van der Waals surface area contributed by atoms with E-state index in [1.54, 1.807) is 0 Å². The van der Waals surface area contributed by atoms with Crippen LogP contribution in [0.25, 0.3) is 0 Å². The highest BCUT2D eigenvalue weighted by atomic mass is 16.5. The minimum Gasteiger partial charge on any atom is -0.453 e. The van der Waals surface area contributed by atoms with E-state index in [1.165, 1.54) is 26.2 Å². The highest BCUT2D eigenvalue weighted by Gasteiger charge is 1.86. The van der Waals surface area contributed by atoms with Crippen LogP contribution in [0.1, 0.15) is 58.8 Å². The van der Waals surface area contributed by atoms with Crippen LogP contribution in [0.15, 0.2) is 0 Å². The Morgan fingerprint density at radius 1 is 0.941 bits per heavy atom. The second kappa shape index (κ2) is 12.7. The zero-order chi connectivity index (χ0) is 12.8. The van der Waals surface area contributed by atoms with Gasteiger partial charge in [0.2, 0.25) is 0 Å². The van der Waals surface area contributed by atoms with Gasteiger partial charge in [0, 0.05) is 26.2 Å². The molecule has 0 saturated carbocycles. The minimum absolute atomic E-state index is 0.206. The lowest BCUT2D eigenvalue weighted by molar-refractivity contribution is -0.139. The van der Waals surface area contributed by atoms with E-state index >= 15 is 0 Å². The lowest BCUT2D eigenvalue weighted by Gasteiger charge is -1.91. The Hall–Kier alpha value is -1.41. The molecule has 0 aliphatic heterocycles. The third-order valence-electron chi connectivity index (χ3n) is 2.11. The number of esters is 1. The fourth-order valence-electron chi connectivity index (χ4n) is 1.18. The highest BCUT2D eigenvalue weighted by molar-refractivity contribution is 5.66. The first-order chi connectivity index (χ1) is 8.27. The van der Waals surface area contributed by atoms with Crippen molar-refractivity contribution < 1.29 is 9.53 Å². The van der Waals surface area contributed by atoms with Gasteiger partial charge in [-0.05, 0) is 12.8 Å². The van der Waals surface area contributed by atoms with Gasteiger partial charge in [0.05, 0.1) is 0 Å². The number of carbonyl (C=O) groups is 1. The van der Waals surface area contributed by atoms with Gasteiger partial charge in [-0.3, -0.25) is 4.79 Å². The predicted molar refractivity (Wildman–Crippen MR) is 70.2 cm³/mol. The SMILES string of the molecule is CCCCCC#CCCCC#CCOC(C)=O. The molecule has 0 radical (unpaired) electrons. The Bertz CT molecular complexity index is 309. The van der Waals surface area contributed by atoms with Crippen LogP contribution in [0.4, 0.5) is 0 Å². The Kier molecular flexibility index (Phi) is 11.6. The van der Waals surface area contributed by atoms with Crippen molar-refractivity contribution in [1.82, 2.24) is 0 Å². The van der Waals surface area contributed by atoms with Crippen molar-refractivity contribution in [3.63, 3.8) is 0 Å².